The van der Waals surface area contributed by atoms with E-state index in [9.17, 15) is 19.7 Å². The monoisotopic (exact) mass is 563 g/mol. The quantitative estimate of drug-likeness (QED) is 0.165. The molecule has 0 radical (unpaired) electrons. The summed E-state index contributed by atoms with van der Waals surface area (Å²) < 4.78 is 11.2. The highest BCUT2D eigenvalue weighted by atomic mass is 16.6. The zero-order valence-electron chi connectivity index (χ0n) is 24.9. The van der Waals surface area contributed by atoms with Gasteiger partial charge in [0.2, 0.25) is 0 Å². The summed E-state index contributed by atoms with van der Waals surface area (Å²) in [7, 11) is 0. The van der Waals surface area contributed by atoms with Crippen LogP contribution in [0.3, 0.4) is 0 Å². The lowest BCUT2D eigenvalue weighted by molar-refractivity contribution is -0.385. The zero-order chi connectivity index (χ0) is 30.2. The molecule has 220 valence electrons. The number of carbonyl (C=O) groups is 2. The first kappa shape index (κ1) is 31.7. The summed E-state index contributed by atoms with van der Waals surface area (Å²) in [5.41, 5.74) is 1.90. The van der Waals surface area contributed by atoms with Gasteiger partial charge in [0.25, 0.3) is 5.69 Å². The molecule has 0 spiro atoms. The van der Waals surface area contributed by atoms with Gasteiger partial charge in [0.05, 0.1) is 23.7 Å². The Balaban J connectivity index is 1.83. The third-order valence-electron chi connectivity index (χ3n) is 7.45. The summed E-state index contributed by atoms with van der Waals surface area (Å²) in [6.45, 7) is 14.1. The van der Waals surface area contributed by atoms with Crippen molar-refractivity contribution in [3.8, 4) is 0 Å². The predicted molar refractivity (Wildman–Crippen MR) is 159 cm³/mol. The number of hydrogen-bond acceptors (Lipinski definition) is 8. The third kappa shape index (κ3) is 8.10. The summed E-state index contributed by atoms with van der Waals surface area (Å²) >= 11 is 0. The Bertz CT molecular complexity index is 1300. The number of hydrogen-bond donors (Lipinski definition) is 0. The van der Waals surface area contributed by atoms with Crippen LogP contribution in [0.5, 0.6) is 0 Å². The largest absolute Gasteiger partial charge is 0.465 e. The maximum Gasteiger partial charge on any atom is 0.336 e. The topological polar surface area (TPSA) is 111 Å². The molecule has 9 heteroatoms. The number of ether oxygens (including phenoxy) is 2. The van der Waals surface area contributed by atoms with Crippen LogP contribution in [-0.4, -0.2) is 53.8 Å². The molecule has 1 aliphatic rings. The van der Waals surface area contributed by atoms with Crippen molar-refractivity contribution in [1.29, 1.82) is 0 Å². The second kappa shape index (κ2) is 14.2. The fourth-order valence-corrected chi connectivity index (χ4v) is 5.15. The highest BCUT2D eigenvalue weighted by molar-refractivity contribution is 6.07. The maximum absolute atomic E-state index is 13.7. The molecule has 1 heterocycles. The first-order chi connectivity index (χ1) is 19.5. The summed E-state index contributed by atoms with van der Waals surface area (Å²) in [4.78, 5) is 45.1. The Morgan fingerprint density at radius 2 is 1.68 bits per heavy atom. The van der Waals surface area contributed by atoms with Crippen molar-refractivity contribution in [1.82, 2.24) is 4.90 Å². The van der Waals surface area contributed by atoms with Gasteiger partial charge < -0.3 is 9.47 Å². The average molecular weight is 564 g/mol. The Hall–Kier alpha value is -3.85. The van der Waals surface area contributed by atoms with Crippen LogP contribution >= 0.6 is 0 Å². The molecule has 0 fully saturated rings. The average Bonchev–Trinajstić information content (AvgIpc) is 2.94. The van der Waals surface area contributed by atoms with Crippen LogP contribution in [-0.2, 0) is 25.6 Å². The minimum Gasteiger partial charge on any atom is -0.465 e. The molecule has 2 aromatic rings. The number of allylic oxidation sites excluding steroid dienone is 1. The van der Waals surface area contributed by atoms with Gasteiger partial charge in [0.1, 0.15) is 5.92 Å². The van der Waals surface area contributed by atoms with E-state index in [1.807, 2.05) is 32.0 Å². The van der Waals surface area contributed by atoms with Gasteiger partial charge in [0, 0.05) is 40.9 Å². The highest BCUT2D eigenvalue weighted by Crippen LogP contribution is 2.43. The predicted octanol–water partition coefficient (Wildman–Crippen LogP) is 6.09. The van der Waals surface area contributed by atoms with Crippen LogP contribution < -0.4 is 0 Å². The normalized spacial score (nSPS) is 17.3. The van der Waals surface area contributed by atoms with Gasteiger partial charge in [-0.1, -0.05) is 69.3 Å². The molecule has 0 saturated heterocycles. The van der Waals surface area contributed by atoms with Crippen molar-refractivity contribution in [2.24, 2.45) is 16.3 Å². The Kier molecular flexibility index (Phi) is 10.9. The first-order valence-electron chi connectivity index (χ1n) is 14.1. The minimum atomic E-state index is -0.994. The van der Waals surface area contributed by atoms with Crippen molar-refractivity contribution in [3.63, 3.8) is 0 Å². The van der Waals surface area contributed by atoms with E-state index in [-0.39, 0.29) is 35.5 Å². The van der Waals surface area contributed by atoms with Crippen LogP contribution in [0.4, 0.5) is 5.69 Å². The van der Waals surface area contributed by atoms with Crippen LogP contribution in [0.1, 0.15) is 65.0 Å². The van der Waals surface area contributed by atoms with Crippen molar-refractivity contribution in [2.75, 3.05) is 26.3 Å². The number of para-hydroxylation sites is 1. The fraction of sp³-hybridized carbons (Fsp3) is 0.469. The number of esters is 2. The van der Waals surface area contributed by atoms with Gasteiger partial charge in [-0.2, -0.15) is 0 Å². The molecule has 2 aromatic carbocycles. The maximum atomic E-state index is 13.7. The molecule has 41 heavy (non-hydrogen) atoms. The number of carbonyl (C=O) groups excluding carboxylic acids is 2. The summed E-state index contributed by atoms with van der Waals surface area (Å²) in [5, 5.41) is 12.0. The smallest absolute Gasteiger partial charge is 0.336 e. The van der Waals surface area contributed by atoms with E-state index >= 15 is 0 Å². The van der Waals surface area contributed by atoms with Gasteiger partial charge in [-0.3, -0.25) is 24.8 Å². The van der Waals surface area contributed by atoms with Crippen LogP contribution in [0.25, 0.3) is 0 Å². The second-order valence-electron chi connectivity index (χ2n) is 11.1. The van der Waals surface area contributed by atoms with Gasteiger partial charge >= 0.3 is 11.9 Å². The first-order valence-corrected chi connectivity index (χ1v) is 14.1. The van der Waals surface area contributed by atoms with Crippen LogP contribution in [0.15, 0.2) is 70.9 Å². The lowest BCUT2D eigenvalue weighted by Gasteiger charge is -2.32. The zero-order valence-corrected chi connectivity index (χ0v) is 24.9. The van der Waals surface area contributed by atoms with E-state index in [1.54, 1.807) is 39.0 Å². The van der Waals surface area contributed by atoms with E-state index in [4.69, 9.17) is 9.47 Å². The lowest BCUT2D eigenvalue weighted by atomic mass is 9.75. The van der Waals surface area contributed by atoms with Gasteiger partial charge in [0.15, 0.2) is 0 Å². The Morgan fingerprint density at radius 3 is 2.32 bits per heavy atom. The number of nitro benzene ring substituents is 1. The molecule has 1 aliphatic heterocycles. The molecular formula is C32H41N3O6. The molecular weight excluding hydrogens is 522 g/mol. The lowest BCUT2D eigenvalue weighted by Crippen LogP contribution is -2.37. The molecule has 9 nitrogen and oxygen atoms in total. The van der Waals surface area contributed by atoms with Crippen molar-refractivity contribution in [3.05, 3.63) is 87.1 Å². The highest BCUT2D eigenvalue weighted by Gasteiger charge is 2.45. The summed E-state index contributed by atoms with van der Waals surface area (Å²) in [6.07, 6.45) is 0.787. The molecule has 0 saturated carbocycles. The van der Waals surface area contributed by atoms with Gasteiger partial charge in [-0.05, 0) is 45.8 Å². The Labute approximate surface area is 242 Å². The van der Waals surface area contributed by atoms with Crippen molar-refractivity contribution in [2.45, 2.75) is 60.4 Å². The van der Waals surface area contributed by atoms with E-state index < -0.39 is 28.7 Å². The minimum absolute atomic E-state index is 0.127. The number of nitrogens with zero attached hydrogens (tertiary/aromatic N) is 3. The standard InChI is InChI=1S/C32H41N3O6/c1-7-34(20-24-14-10-9-11-15-24)19-18-32(5,6)21-41-31(37)28-23(4)33-22(3)27(30(36)40-8-2)29(28)25-16-12-13-17-26(25)35(38)39/h9-17,27,29H,7-8,18-21H2,1-6H3. The molecule has 0 N–H and O–H groups in total. The van der Waals surface area contributed by atoms with E-state index in [0.717, 1.165) is 26.1 Å². The van der Waals surface area contributed by atoms with Crippen molar-refractivity contribution < 1.29 is 24.0 Å². The molecule has 0 aromatic heterocycles. The van der Waals surface area contributed by atoms with E-state index in [1.165, 1.54) is 11.6 Å². The number of nitro groups is 1. The fourth-order valence-electron chi connectivity index (χ4n) is 5.15. The van der Waals surface area contributed by atoms with Gasteiger partial charge in [-0.25, -0.2) is 4.79 Å². The SMILES string of the molecule is CCOC(=O)C1C(C)=NC(C)=C(C(=O)OCC(C)(C)CCN(CC)Cc2ccccc2)C1c1ccccc1[N+](=O)[O-]. The van der Waals surface area contributed by atoms with Crippen LogP contribution in [0.2, 0.25) is 0 Å². The molecule has 3 rings (SSSR count). The van der Waals surface area contributed by atoms with Crippen LogP contribution in [0, 0.1) is 21.4 Å². The number of aliphatic imine (C=N–C) groups is 1. The third-order valence-corrected chi connectivity index (χ3v) is 7.45. The van der Waals surface area contributed by atoms with Crippen molar-refractivity contribution >= 4 is 23.3 Å². The summed E-state index contributed by atoms with van der Waals surface area (Å²) in [5.74, 6) is -3.19. The molecule has 2 atom stereocenters. The van der Waals surface area contributed by atoms with E-state index in [2.05, 4.69) is 28.9 Å². The Morgan fingerprint density at radius 1 is 1.02 bits per heavy atom. The number of rotatable bonds is 13. The molecule has 0 bridgehead atoms. The number of benzene rings is 2. The molecule has 0 aliphatic carbocycles. The van der Waals surface area contributed by atoms with E-state index in [0.29, 0.717) is 11.4 Å². The molecule has 0 amide bonds. The molecule has 2 unspecified atom stereocenters. The van der Waals surface area contributed by atoms with Gasteiger partial charge in [-0.15, -0.1) is 0 Å². The second-order valence-corrected chi connectivity index (χ2v) is 11.1. The summed E-state index contributed by atoms with van der Waals surface area (Å²) in [6, 6.07) is 16.4.